The van der Waals surface area contributed by atoms with E-state index in [1.165, 1.54) is 31.9 Å². The lowest BCUT2D eigenvalue weighted by atomic mass is 9.70. The van der Waals surface area contributed by atoms with Gasteiger partial charge in [-0.25, -0.2) is 14.4 Å². The molecule has 1 amide bonds. The maximum Gasteiger partial charge on any atom is 0.316 e. The van der Waals surface area contributed by atoms with Gasteiger partial charge in [-0.1, -0.05) is 19.4 Å². The zero-order chi connectivity index (χ0) is 25.1. The monoisotopic (exact) mass is 496 g/mol. The summed E-state index contributed by atoms with van der Waals surface area (Å²) in [5, 5.41) is 9.48. The molecule has 8 heteroatoms. The highest BCUT2D eigenvalue weighted by Gasteiger charge is 2.34. The number of rotatable bonds is 8. The number of nitrogens with zero attached hydrogens (tertiary/aromatic N) is 4. The van der Waals surface area contributed by atoms with Gasteiger partial charge in [0.2, 0.25) is 0 Å². The molecule has 1 aliphatic carbocycles. The summed E-state index contributed by atoms with van der Waals surface area (Å²) in [7, 11) is 0. The van der Waals surface area contributed by atoms with E-state index in [4.69, 9.17) is 4.74 Å². The minimum Gasteiger partial charge on any atom is -0.463 e. The van der Waals surface area contributed by atoms with Crippen LogP contribution in [0.4, 0.5) is 4.39 Å². The van der Waals surface area contributed by atoms with Gasteiger partial charge >= 0.3 is 6.01 Å². The average molecular weight is 497 g/mol. The van der Waals surface area contributed by atoms with Crippen LogP contribution in [0.1, 0.15) is 62.2 Å². The predicted molar refractivity (Wildman–Crippen MR) is 135 cm³/mol. The number of aliphatic hydroxyl groups excluding tert-OH is 1. The summed E-state index contributed by atoms with van der Waals surface area (Å²) in [6, 6.07) is 4.58. The van der Waals surface area contributed by atoms with Crippen LogP contribution in [-0.2, 0) is 0 Å². The molecular weight excluding hydrogens is 459 g/mol. The van der Waals surface area contributed by atoms with Gasteiger partial charge in [0.25, 0.3) is 5.91 Å². The first-order chi connectivity index (χ1) is 17.4. The Morgan fingerprint density at radius 2 is 1.89 bits per heavy atom. The van der Waals surface area contributed by atoms with Crippen LogP contribution in [0.2, 0.25) is 0 Å². The average Bonchev–Trinajstić information content (AvgIpc) is 3.36. The number of carbonyl (C=O) groups is 1. The van der Waals surface area contributed by atoms with E-state index in [1.54, 1.807) is 29.4 Å². The van der Waals surface area contributed by atoms with E-state index in [0.717, 1.165) is 38.8 Å². The Morgan fingerprint density at radius 3 is 2.53 bits per heavy atom. The lowest BCUT2D eigenvalue weighted by Crippen LogP contribution is -2.44. The van der Waals surface area contributed by atoms with Crippen LogP contribution in [-0.4, -0.2) is 76.2 Å². The first-order valence-corrected chi connectivity index (χ1v) is 13.3. The van der Waals surface area contributed by atoms with Crippen LogP contribution in [0.25, 0.3) is 11.1 Å². The number of carbonyl (C=O) groups excluding carboxylic acids is 1. The highest BCUT2D eigenvalue weighted by atomic mass is 19.1. The zero-order valence-corrected chi connectivity index (χ0v) is 21.2. The van der Waals surface area contributed by atoms with E-state index >= 15 is 0 Å². The molecule has 0 bridgehead atoms. The maximum absolute atomic E-state index is 14.9. The molecule has 0 unspecified atom stereocenters. The number of aliphatic hydroxyl groups is 1. The molecule has 194 valence electrons. The number of hydrogen-bond donors (Lipinski definition) is 1. The van der Waals surface area contributed by atoms with Gasteiger partial charge in [-0.3, -0.25) is 4.79 Å². The lowest BCUT2D eigenvalue weighted by Gasteiger charge is -2.44. The van der Waals surface area contributed by atoms with Crippen molar-refractivity contribution in [2.24, 2.45) is 11.3 Å². The molecule has 2 saturated heterocycles. The molecule has 1 aromatic carbocycles. The summed E-state index contributed by atoms with van der Waals surface area (Å²) in [4.78, 5) is 25.6. The summed E-state index contributed by atoms with van der Waals surface area (Å²) in [5.41, 5.74) is 1.69. The number of piperidine rings is 1. The Kier molecular flexibility index (Phi) is 7.53. The van der Waals surface area contributed by atoms with Gasteiger partial charge in [-0.15, -0.1) is 0 Å². The summed E-state index contributed by atoms with van der Waals surface area (Å²) in [5.74, 6) is -0.247. The van der Waals surface area contributed by atoms with Crippen molar-refractivity contribution >= 4 is 5.91 Å². The van der Waals surface area contributed by atoms with Crippen molar-refractivity contribution in [1.82, 2.24) is 19.8 Å². The van der Waals surface area contributed by atoms with Crippen LogP contribution in [0.5, 0.6) is 6.01 Å². The van der Waals surface area contributed by atoms with Crippen LogP contribution in [0.3, 0.4) is 0 Å². The maximum atomic E-state index is 14.9. The quantitative estimate of drug-likeness (QED) is 0.591. The van der Waals surface area contributed by atoms with Crippen molar-refractivity contribution in [2.45, 2.75) is 57.9 Å². The minimum absolute atomic E-state index is 0.0727. The molecule has 1 aromatic heterocycles. The number of hydrogen-bond acceptors (Lipinski definition) is 6. The van der Waals surface area contributed by atoms with Gasteiger partial charge < -0.3 is 19.6 Å². The van der Waals surface area contributed by atoms with Crippen molar-refractivity contribution in [3.05, 3.63) is 42.0 Å². The number of ether oxygens (including phenoxy) is 1. The SMILES string of the molecule is CC1(CN2CCC(COc3ncc(-c4ccc(C(=O)N5CCC[C@@H]5CO)cc4F)cn3)CC2)CCC1. The lowest BCUT2D eigenvalue weighted by molar-refractivity contribution is 0.0557. The molecule has 3 heterocycles. The van der Waals surface area contributed by atoms with Gasteiger partial charge in [-0.05, 0) is 75.1 Å². The van der Waals surface area contributed by atoms with Crippen LogP contribution in [0, 0.1) is 17.2 Å². The van der Waals surface area contributed by atoms with Crippen molar-refractivity contribution in [3.63, 3.8) is 0 Å². The van der Waals surface area contributed by atoms with Crippen molar-refractivity contribution in [2.75, 3.05) is 39.4 Å². The van der Waals surface area contributed by atoms with Crippen LogP contribution in [0.15, 0.2) is 30.6 Å². The third-order valence-corrected chi connectivity index (χ3v) is 8.33. The second-order valence-corrected chi connectivity index (χ2v) is 11.1. The molecule has 1 atom stereocenters. The molecular formula is C28H37FN4O3. The third-order valence-electron chi connectivity index (χ3n) is 8.33. The Hall–Kier alpha value is -2.58. The number of halogens is 1. The highest BCUT2D eigenvalue weighted by Crippen LogP contribution is 2.41. The number of amides is 1. The standard InChI is InChI=1S/C28H37FN4O3/c1-28(9-3-10-28)19-32-12-7-20(8-13-32)18-36-27-30-15-22(16-31-27)24-6-5-21(14-25(24)29)26(35)33-11-2-4-23(33)17-34/h5-6,14-16,20,23,34H,2-4,7-13,17-19H2,1H3/t23-/m1/s1. The largest absolute Gasteiger partial charge is 0.463 e. The summed E-state index contributed by atoms with van der Waals surface area (Å²) < 4.78 is 20.8. The van der Waals surface area contributed by atoms with Gasteiger partial charge in [0.15, 0.2) is 0 Å². The highest BCUT2D eigenvalue weighted by molar-refractivity contribution is 5.95. The van der Waals surface area contributed by atoms with E-state index in [1.807, 2.05) is 0 Å². The Bertz CT molecular complexity index is 1050. The summed E-state index contributed by atoms with van der Waals surface area (Å²) in [6.45, 7) is 6.99. The Labute approximate surface area is 212 Å². The molecule has 5 rings (SSSR count). The van der Waals surface area contributed by atoms with Crippen LogP contribution < -0.4 is 4.74 Å². The molecule has 2 aromatic rings. The zero-order valence-electron chi connectivity index (χ0n) is 21.2. The van der Waals surface area contributed by atoms with Crippen molar-refractivity contribution < 1.29 is 19.0 Å². The number of benzene rings is 1. The fourth-order valence-corrected chi connectivity index (χ4v) is 5.85. The topological polar surface area (TPSA) is 78.8 Å². The van der Waals surface area contributed by atoms with E-state index in [2.05, 4.69) is 21.8 Å². The van der Waals surface area contributed by atoms with E-state index in [0.29, 0.717) is 41.6 Å². The molecule has 2 aliphatic heterocycles. The molecule has 3 aliphatic rings. The van der Waals surface area contributed by atoms with Gasteiger partial charge in [0.05, 0.1) is 19.3 Å². The fraction of sp³-hybridized carbons (Fsp3) is 0.607. The molecule has 1 saturated carbocycles. The molecule has 7 nitrogen and oxygen atoms in total. The summed E-state index contributed by atoms with van der Waals surface area (Å²) in [6.07, 6.45) is 11.1. The second-order valence-electron chi connectivity index (χ2n) is 11.1. The Morgan fingerprint density at radius 1 is 1.14 bits per heavy atom. The Balaban J connectivity index is 1.13. The first kappa shape index (κ1) is 25.1. The van der Waals surface area contributed by atoms with E-state index in [-0.39, 0.29) is 24.1 Å². The fourth-order valence-electron chi connectivity index (χ4n) is 5.85. The molecule has 0 radical (unpaired) electrons. The minimum atomic E-state index is -0.500. The first-order valence-electron chi connectivity index (χ1n) is 13.3. The van der Waals surface area contributed by atoms with E-state index in [9.17, 15) is 14.3 Å². The number of aromatic nitrogens is 2. The van der Waals surface area contributed by atoms with Gasteiger partial charge in [-0.2, -0.15) is 0 Å². The number of likely N-dealkylation sites (tertiary alicyclic amines) is 2. The molecule has 1 N–H and O–H groups in total. The smallest absolute Gasteiger partial charge is 0.316 e. The molecule has 36 heavy (non-hydrogen) atoms. The second kappa shape index (κ2) is 10.8. The van der Waals surface area contributed by atoms with Crippen LogP contribution >= 0.6 is 0 Å². The van der Waals surface area contributed by atoms with Gasteiger partial charge in [0, 0.05) is 42.2 Å². The van der Waals surface area contributed by atoms with Crippen molar-refractivity contribution in [1.29, 1.82) is 0 Å². The molecule has 0 spiro atoms. The summed E-state index contributed by atoms with van der Waals surface area (Å²) >= 11 is 0. The van der Waals surface area contributed by atoms with Crippen molar-refractivity contribution in [3.8, 4) is 17.1 Å². The molecule has 3 fully saturated rings. The third kappa shape index (κ3) is 5.54. The van der Waals surface area contributed by atoms with E-state index < -0.39 is 5.82 Å². The normalized spacial score (nSPS) is 22.4. The predicted octanol–water partition coefficient (Wildman–Crippen LogP) is 4.16. The van der Waals surface area contributed by atoms with Gasteiger partial charge in [0.1, 0.15) is 5.82 Å².